The van der Waals surface area contributed by atoms with E-state index in [-0.39, 0.29) is 6.10 Å². The van der Waals surface area contributed by atoms with Gasteiger partial charge in [-0.25, -0.2) is 15.0 Å². The molecule has 7 nitrogen and oxygen atoms in total. The van der Waals surface area contributed by atoms with E-state index in [1.54, 1.807) is 6.20 Å². The number of fused-ring (bicyclic) bond motifs is 2. The largest absolute Gasteiger partial charge is 0.485 e. The molecule has 2 aliphatic rings. The minimum absolute atomic E-state index is 0.0658. The molecular weight excluding hydrogens is 460 g/mol. The van der Waals surface area contributed by atoms with Crippen molar-refractivity contribution >= 4 is 11.3 Å². The second-order valence-corrected chi connectivity index (χ2v) is 10.4. The third kappa shape index (κ3) is 3.86. The van der Waals surface area contributed by atoms with Crippen molar-refractivity contribution in [3.63, 3.8) is 0 Å². The van der Waals surface area contributed by atoms with Gasteiger partial charge in [0.15, 0.2) is 0 Å². The Hall–Kier alpha value is -4.13. The van der Waals surface area contributed by atoms with Gasteiger partial charge in [0.25, 0.3) is 0 Å². The number of nitrogens with two attached hydrogens (primary N) is 1. The summed E-state index contributed by atoms with van der Waals surface area (Å²) in [6.07, 6.45) is 11.9. The van der Waals surface area contributed by atoms with Gasteiger partial charge in [-0.05, 0) is 55.7 Å². The van der Waals surface area contributed by atoms with Crippen LogP contribution in [0.1, 0.15) is 54.1 Å². The number of imidazole rings is 2. The van der Waals surface area contributed by atoms with E-state index in [1.165, 1.54) is 11.1 Å². The van der Waals surface area contributed by atoms with Gasteiger partial charge in [-0.15, -0.1) is 0 Å². The molecule has 3 aromatic heterocycles. The van der Waals surface area contributed by atoms with Crippen molar-refractivity contribution in [1.82, 2.24) is 23.9 Å². The fraction of sp³-hybridized carbons (Fsp3) is 0.300. The number of aryl methyl sites for hydroxylation is 2. The first kappa shape index (κ1) is 22.1. The summed E-state index contributed by atoms with van der Waals surface area (Å²) >= 11 is 0. The first-order valence-corrected chi connectivity index (χ1v) is 13.1. The molecule has 2 aromatic carbocycles. The van der Waals surface area contributed by atoms with E-state index in [0.717, 1.165) is 66.4 Å². The second-order valence-electron chi connectivity index (χ2n) is 10.4. The highest BCUT2D eigenvalue weighted by molar-refractivity contribution is 5.86. The van der Waals surface area contributed by atoms with E-state index < -0.39 is 0 Å². The Kier molecular flexibility index (Phi) is 5.23. The Morgan fingerprint density at radius 2 is 1.86 bits per heavy atom. The van der Waals surface area contributed by atoms with E-state index in [2.05, 4.69) is 74.5 Å². The number of hydrogen-bond donors (Lipinski definition) is 1. The molecule has 5 aromatic rings. The van der Waals surface area contributed by atoms with Crippen LogP contribution in [0.5, 0.6) is 5.75 Å². The highest BCUT2D eigenvalue weighted by Gasteiger charge is 2.35. The van der Waals surface area contributed by atoms with Crippen LogP contribution in [0.4, 0.5) is 5.82 Å². The fourth-order valence-corrected chi connectivity index (χ4v) is 5.97. The van der Waals surface area contributed by atoms with Crippen LogP contribution in [-0.4, -0.2) is 23.9 Å². The molecular formula is C30H30N6O. The summed E-state index contributed by atoms with van der Waals surface area (Å²) in [5.41, 5.74) is 11.6. The predicted molar refractivity (Wildman–Crippen MR) is 143 cm³/mol. The Bertz CT molecular complexity index is 1580. The van der Waals surface area contributed by atoms with Crippen LogP contribution in [0.2, 0.25) is 0 Å². The molecule has 1 saturated carbocycles. The van der Waals surface area contributed by atoms with Gasteiger partial charge in [0.2, 0.25) is 0 Å². The summed E-state index contributed by atoms with van der Waals surface area (Å²) in [6.45, 7) is 3.07. The molecule has 1 fully saturated rings. The van der Waals surface area contributed by atoms with Crippen LogP contribution in [0, 0.1) is 12.8 Å². The van der Waals surface area contributed by atoms with Gasteiger partial charge < -0.3 is 15.0 Å². The quantitative estimate of drug-likeness (QED) is 0.339. The normalized spacial score (nSPS) is 20.8. The third-order valence-electron chi connectivity index (χ3n) is 8.05. The molecule has 1 atom stereocenters. The van der Waals surface area contributed by atoms with Crippen LogP contribution >= 0.6 is 0 Å². The molecule has 7 rings (SSSR count). The summed E-state index contributed by atoms with van der Waals surface area (Å²) in [5.74, 6) is 4.59. The predicted octanol–water partition coefficient (Wildman–Crippen LogP) is 5.74. The maximum atomic E-state index is 6.49. The van der Waals surface area contributed by atoms with Gasteiger partial charge in [-0.2, -0.15) is 0 Å². The summed E-state index contributed by atoms with van der Waals surface area (Å²) in [4.78, 5) is 13.9. The first-order chi connectivity index (χ1) is 18.1. The zero-order valence-corrected chi connectivity index (χ0v) is 20.9. The van der Waals surface area contributed by atoms with Crippen molar-refractivity contribution in [2.24, 2.45) is 5.92 Å². The lowest BCUT2D eigenvalue weighted by Crippen LogP contribution is -2.27. The number of rotatable bonds is 5. The van der Waals surface area contributed by atoms with Crippen molar-refractivity contribution in [3.8, 4) is 17.0 Å². The number of nitrogen functional groups attached to an aromatic ring is 1. The van der Waals surface area contributed by atoms with E-state index in [1.807, 2.05) is 18.5 Å². The summed E-state index contributed by atoms with van der Waals surface area (Å²) < 4.78 is 10.9. The Morgan fingerprint density at radius 3 is 2.68 bits per heavy atom. The lowest BCUT2D eigenvalue weighted by Gasteiger charge is -2.35. The Labute approximate surface area is 216 Å². The van der Waals surface area contributed by atoms with Crippen LogP contribution in [0.3, 0.4) is 0 Å². The lowest BCUT2D eigenvalue weighted by atomic mass is 9.74. The molecule has 2 N–H and O–H groups in total. The van der Waals surface area contributed by atoms with Gasteiger partial charge in [0, 0.05) is 42.8 Å². The standard InChI is InChI=1S/C30H30N6O/c1-19-32-11-13-35(19)18-20-15-24(16-20)30-34-27(28-29(31)33-12-14-36(28)30)23-8-7-22-9-10-25(37-26(22)17-23)21-5-3-2-4-6-21/h2-8,11-14,17,20,24-25H,9-10,15-16,18H2,1H3,(H2,31,33)/t20-,24+,25-/m1/s1. The minimum atomic E-state index is 0.0658. The van der Waals surface area contributed by atoms with Crippen LogP contribution in [0.25, 0.3) is 16.8 Å². The molecule has 0 saturated heterocycles. The molecule has 0 spiro atoms. The monoisotopic (exact) mass is 490 g/mol. The van der Waals surface area contributed by atoms with E-state index in [9.17, 15) is 0 Å². The average molecular weight is 491 g/mol. The zero-order valence-electron chi connectivity index (χ0n) is 20.9. The SMILES string of the molecule is Cc1nccn1C[C@H]1C[C@@H](c2nc(-c3ccc4c(c3)O[C@@H](c3ccccc3)CC4)c3c(N)nccn32)C1. The molecule has 186 valence electrons. The van der Waals surface area contributed by atoms with Crippen LogP contribution in [-0.2, 0) is 13.0 Å². The summed E-state index contributed by atoms with van der Waals surface area (Å²) in [5, 5.41) is 0. The van der Waals surface area contributed by atoms with Crippen molar-refractivity contribution in [1.29, 1.82) is 0 Å². The Balaban J connectivity index is 1.20. The van der Waals surface area contributed by atoms with E-state index >= 15 is 0 Å². The number of aromatic nitrogens is 5. The molecule has 4 heterocycles. The number of nitrogens with zero attached hydrogens (tertiary/aromatic N) is 5. The molecule has 0 unspecified atom stereocenters. The Morgan fingerprint density at radius 1 is 1.03 bits per heavy atom. The van der Waals surface area contributed by atoms with Crippen LogP contribution < -0.4 is 10.5 Å². The number of anilines is 1. The fourth-order valence-electron chi connectivity index (χ4n) is 5.97. The van der Waals surface area contributed by atoms with Gasteiger partial charge in [0.1, 0.15) is 40.5 Å². The third-order valence-corrected chi connectivity index (χ3v) is 8.05. The van der Waals surface area contributed by atoms with Crippen LogP contribution in [0.15, 0.2) is 73.3 Å². The van der Waals surface area contributed by atoms with Crippen molar-refractivity contribution in [2.45, 2.75) is 51.2 Å². The highest BCUT2D eigenvalue weighted by Crippen LogP contribution is 2.45. The maximum absolute atomic E-state index is 6.49. The van der Waals surface area contributed by atoms with E-state index in [4.69, 9.17) is 15.5 Å². The second kappa shape index (κ2) is 8.76. The first-order valence-electron chi connectivity index (χ1n) is 13.1. The average Bonchev–Trinajstić information content (AvgIpc) is 3.49. The number of benzene rings is 2. The molecule has 0 amide bonds. The highest BCUT2D eigenvalue weighted by atomic mass is 16.5. The van der Waals surface area contributed by atoms with Gasteiger partial charge in [0.05, 0.1) is 0 Å². The smallest absolute Gasteiger partial charge is 0.150 e. The number of hydrogen-bond acceptors (Lipinski definition) is 5. The summed E-state index contributed by atoms with van der Waals surface area (Å²) in [6, 6.07) is 16.9. The lowest BCUT2D eigenvalue weighted by molar-refractivity contribution is 0.177. The molecule has 1 aliphatic heterocycles. The molecule has 7 heteroatoms. The van der Waals surface area contributed by atoms with Crippen molar-refractivity contribution in [3.05, 3.63) is 96.1 Å². The molecule has 37 heavy (non-hydrogen) atoms. The van der Waals surface area contributed by atoms with Gasteiger partial charge >= 0.3 is 0 Å². The minimum Gasteiger partial charge on any atom is -0.485 e. The van der Waals surface area contributed by atoms with Gasteiger partial charge in [-0.3, -0.25) is 4.40 Å². The molecule has 1 aliphatic carbocycles. The number of ether oxygens (including phenoxy) is 1. The molecule has 0 radical (unpaired) electrons. The van der Waals surface area contributed by atoms with Crippen molar-refractivity contribution in [2.75, 3.05) is 5.73 Å². The molecule has 0 bridgehead atoms. The van der Waals surface area contributed by atoms with E-state index in [0.29, 0.717) is 17.7 Å². The summed E-state index contributed by atoms with van der Waals surface area (Å²) in [7, 11) is 0. The zero-order chi connectivity index (χ0) is 24.9. The maximum Gasteiger partial charge on any atom is 0.150 e. The topological polar surface area (TPSA) is 83.3 Å². The van der Waals surface area contributed by atoms with Gasteiger partial charge in [-0.1, -0.05) is 42.5 Å². The van der Waals surface area contributed by atoms with Crippen molar-refractivity contribution < 1.29 is 4.74 Å².